The Balaban J connectivity index is 1.38. The maximum Gasteiger partial charge on any atom is 0.417 e. The van der Waals surface area contributed by atoms with Gasteiger partial charge in [-0.1, -0.05) is 55.8 Å². The summed E-state index contributed by atoms with van der Waals surface area (Å²) in [6, 6.07) is 9.70. The van der Waals surface area contributed by atoms with Gasteiger partial charge >= 0.3 is 6.09 Å². The molecule has 1 saturated heterocycles. The minimum Gasteiger partial charge on any atom is -0.497 e. The SMILES string of the molecule is C=CCOC12Oc3ccc(OC(=O)Nc4ccc(OC)cc4OC)cc3C3C(CCCCO)C(CCCCO)C=C(C(=NOC4CCCCO4)CC1N(CCOCCO)C(=O)CCC1CCCC1)C32. The third kappa shape index (κ3) is 12.8. The van der Waals surface area contributed by atoms with Crippen LogP contribution in [-0.2, 0) is 23.8 Å². The molecule has 16 nitrogen and oxygen atoms in total. The van der Waals surface area contributed by atoms with Crippen LogP contribution in [0.5, 0.6) is 23.0 Å². The highest BCUT2D eigenvalue weighted by Crippen LogP contribution is 2.62. The molecular weight excluding hydrogens is 887 g/mol. The van der Waals surface area contributed by atoms with E-state index in [4.69, 9.17) is 43.2 Å². The monoisotopic (exact) mass is 962 g/mol. The number of methoxy groups -OCH3 is 2. The van der Waals surface area contributed by atoms with Crippen LogP contribution in [0.2, 0.25) is 0 Å². The zero-order valence-electron chi connectivity index (χ0n) is 40.7. The number of carbonyl (C=O) groups excluding carboxylic acids is 2. The lowest BCUT2D eigenvalue weighted by molar-refractivity contribution is -0.258. The van der Waals surface area contributed by atoms with Crippen LogP contribution < -0.4 is 24.3 Å². The van der Waals surface area contributed by atoms with E-state index in [0.29, 0.717) is 66.9 Å². The summed E-state index contributed by atoms with van der Waals surface area (Å²) in [5, 5.41) is 37.5. The lowest BCUT2D eigenvalue weighted by atomic mass is 9.55. The Hall–Kier alpha value is -4.71. The summed E-state index contributed by atoms with van der Waals surface area (Å²) < 4.78 is 43.4. The second-order valence-corrected chi connectivity index (χ2v) is 18.9. The van der Waals surface area contributed by atoms with Crippen LogP contribution in [0, 0.1) is 23.7 Å². The zero-order valence-corrected chi connectivity index (χ0v) is 40.7. The summed E-state index contributed by atoms with van der Waals surface area (Å²) in [4.78, 5) is 36.9. The van der Waals surface area contributed by atoms with E-state index in [1.165, 1.54) is 20.0 Å². The summed E-state index contributed by atoms with van der Waals surface area (Å²) in [5.74, 6) is -0.231. The van der Waals surface area contributed by atoms with Crippen LogP contribution in [0.25, 0.3) is 0 Å². The molecule has 380 valence electrons. The molecule has 5 aliphatic rings. The summed E-state index contributed by atoms with van der Waals surface area (Å²) in [5.41, 5.74) is 2.76. The van der Waals surface area contributed by atoms with Crippen molar-refractivity contribution in [2.75, 3.05) is 72.3 Å². The number of unbranched alkanes of at least 4 members (excludes halogenated alkanes) is 2. The van der Waals surface area contributed by atoms with Crippen molar-refractivity contribution in [3.63, 3.8) is 0 Å². The highest BCUT2D eigenvalue weighted by Gasteiger charge is 2.65. The van der Waals surface area contributed by atoms with Gasteiger partial charge in [0.15, 0.2) is 0 Å². The molecule has 0 bridgehead atoms. The molecule has 2 heterocycles. The Morgan fingerprint density at radius 3 is 2.42 bits per heavy atom. The number of allylic oxidation sites excluding steroid dienone is 1. The van der Waals surface area contributed by atoms with Crippen molar-refractivity contribution in [1.29, 1.82) is 0 Å². The number of nitrogens with one attached hydrogen (secondary N) is 1. The number of aliphatic hydroxyl groups excluding tert-OH is 3. The van der Waals surface area contributed by atoms with E-state index in [9.17, 15) is 20.1 Å². The first-order valence-corrected chi connectivity index (χ1v) is 25.3. The molecule has 0 aromatic heterocycles. The smallest absolute Gasteiger partial charge is 0.417 e. The van der Waals surface area contributed by atoms with Crippen LogP contribution in [-0.4, -0.2) is 123 Å². The number of fused-ring (bicyclic) bond motifs is 2. The summed E-state index contributed by atoms with van der Waals surface area (Å²) in [6.45, 7) is 5.22. The predicted octanol–water partition coefficient (Wildman–Crippen LogP) is 8.28. The van der Waals surface area contributed by atoms with E-state index in [2.05, 4.69) is 18.0 Å². The highest BCUT2D eigenvalue weighted by atomic mass is 16.8. The standard InChI is InChI=1S/C53H75N3O13/c1-4-28-66-53-47(56(24-30-64-31-27-59)48(60)23-18-36-13-5-6-14-36)35-44(55-69-49-17-9-12-29-65-49)41-32-37(15-7-10-25-57)40(16-8-11-26-58)50(51(41)53)42-33-39(20-22-45(42)68-53)67-52(61)54-43-21-19-38(62-2)34-46(43)63-3/h4,19-22,32-34,36-37,40,47,49-51,57-59H,1,5-18,23-31,35H2,2-3H3,(H,54,61). The molecule has 7 atom stereocenters. The number of nitrogens with zero attached hydrogens (tertiary/aromatic N) is 2. The van der Waals surface area contributed by atoms with Crippen LogP contribution >= 0.6 is 0 Å². The molecule has 3 aliphatic carbocycles. The molecule has 0 radical (unpaired) electrons. The number of oxime groups is 1. The minimum atomic E-state index is -1.48. The largest absolute Gasteiger partial charge is 0.497 e. The van der Waals surface area contributed by atoms with Crippen molar-refractivity contribution < 1.29 is 62.9 Å². The van der Waals surface area contributed by atoms with Crippen molar-refractivity contribution >= 4 is 23.4 Å². The van der Waals surface area contributed by atoms with E-state index in [-0.39, 0.29) is 82.0 Å². The third-order valence-electron chi connectivity index (χ3n) is 14.6. The maximum absolute atomic E-state index is 15.0. The first kappa shape index (κ1) is 52.1. The molecular formula is C53H75N3O13. The van der Waals surface area contributed by atoms with E-state index >= 15 is 4.79 Å². The van der Waals surface area contributed by atoms with E-state index in [1.54, 1.807) is 37.5 Å². The molecule has 3 fully saturated rings. The molecule has 2 saturated carbocycles. The maximum atomic E-state index is 15.0. The molecule has 7 unspecified atom stereocenters. The zero-order chi connectivity index (χ0) is 48.6. The molecule has 0 spiro atoms. The third-order valence-corrected chi connectivity index (χ3v) is 14.6. The Kier molecular flexibility index (Phi) is 19.6. The lowest BCUT2D eigenvalue weighted by Crippen LogP contribution is -2.70. The minimum absolute atomic E-state index is 0.00586. The van der Waals surface area contributed by atoms with Gasteiger partial charge in [0.25, 0.3) is 0 Å². The first-order valence-electron chi connectivity index (χ1n) is 25.3. The molecule has 7 rings (SSSR count). The van der Waals surface area contributed by atoms with Gasteiger partial charge in [-0.2, -0.15) is 0 Å². The molecule has 2 aliphatic heterocycles. The van der Waals surface area contributed by atoms with Gasteiger partial charge in [0.05, 0.1) is 64.6 Å². The molecule has 2 aromatic carbocycles. The highest BCUT2D eigenvalue weighted by molar-refractivity contribution is 6.03. The van der Waals surface area contributed by atoms with Crippen LogP contribution in [0.3, 0.4) is 0 Å². The Bertz CT molecular complexity index is 2050. The van der Waals surface area contributed by atoms with Gasteiger partial charge < -0.3 is 58.2 Å². The Morgan fingerprint density at radius 2 is 1.70 bits per heavy atom. The number of hydrogen-bond acceptors (Lipinski definition) is 14. The van der Waals surface area contributed by atoms with Crippen LogP contribution in [0.1, 0.15) is 114 Å². The average molecular weight is 962 g/mol. The van der Waals surface area contributed by atoms with Crippen molar-refractivity contribution in [2.24, 2.45) is 28.8 Å². The fourth-order valence-corrected chi connectivity index (χ4v) is 11.3. The van der Waals surface area contributed by atoms with Crippen molar-refractivity contribution in [1.82, 2.24) is 4.90 Å². The van der Waals surface area contributed by atoms with Gasteiger partial charge in [0.2, 0.25) is 18.0 Å². The average Bonchev–Trinajstić information content (AvgIpc) is 3.90. The molecule has 4 N–H and O–H groups in total. The second-order valence-electron chi connectivity index (χ2n) is 18.9. The molecule has 2 aromatic rings. The number of amides is 2. The van der Waals surface area contributed by atoms with Crippen molar-refractivity contribution in [3.05, 3.63) is 66.3 Å². The number of aliphatic hydroxyl groups is 3. The first-order chi connectivity index (χ1) is 33.8. The number of hydrogen-bond donors (Lipinski definition) is 4. The fraction of sp³-hybridized carbons (Fsp3) is 0.642. The summed E-state index contributed by atoms with van der Waals surface area (Å²) in [6.07, 6.45) is 15.5. The van der Waals surface area contributed by atoms with Crippen molar-refractivity contribution in [3.8, 4) is 23.0 Å². The van der Waals surface area contributed by atoms with Gasteiger partial charge in [0, 0.05) is 56.6 Å². The number of rotatable bonds is 26. The van der Waals surface area contributed by atoms with Gasteiger partial charge in [-0.15, -0.1) is 6.58 Å². The number of carbonyl (C=O) groups is 2. The second kappa shape index (κ2) is 25.9. The predicted molar refractivity (Wildman–Crippen MR) is 260 cm³/mol. The normalized spacial score (nSPS) is 25.7. The fourth-order valence-electron chi connectivity index (χ4n) is 11.3. The van der Waals surface area contributed by atoms with E-state index < -0.39 is 30.1 Å². The number of benzene rings is 2. The van der Waals surface area contributed by atoms with E-state index in [0.717, 1.165) is 68.9 Å². The van der Waals surface area contributed by atoms with Gasteiger partial charge in [-0.3, -0.25) is 10.1 Å². The molecule has 69 heavy (non-hydrogen) atoms. The summed E-state index contributed by atoms with van der Waals surface area (Å²) >= 11 is 0. The number of anilines is 1. The topological polar surface area (TPSA) is 196 Å². The summed E-state index contributed by atoms with van der Waals surface area (Å²) in [7, 11) is 3.06. The van der Waals surface area contributed by atoms with Gasteiger partial charge in [-0.25, -0.2) is 4.79 Å². The van der Waals surface area contributed by atoms with Crippen LogP contribution in [0.15, 0.2) is 65.9 Å². The van der Waals surface area contributed by atoms with E-state index in [1.807, 2.05) is 17.0 Å². The van der Waals surface area contributed by atoms with Gasteiger partial charge in [0.1, 0.15) is 29.0 Å². The lowest BCUT2D eigenvalue weighted by Gasteiger charge is -2.60. The van der Waals surface area contributed by atoms with Crippen LogP contribution in [0.4, 0.5) is 10.5 Å². The van der Waals surface area contributed by atoms with Crippen molar-refractivity contribution in [2.45, 2.75) is 127 Å². The quantitative estimate of drug-likeness (QED) is 0.0400. The Morgan fingerprint density at radius 1 is 0.913 bits per heavy atom. The Labute approximate surface area is 407 Å². The molecule has 2 amide bonds. The van der Waals surface area contributed by atoms with Gasteiger partial charge in [-0.05, 0) is 98.6 Å². The number of ether oxygens (including phenoxy) is 7. The molecule has 16 heteroatoms.